The van der Waals surface area contributed by atoms with E-state index in [0.717, 1.165) is 24.6 Å². The third kappa shape index (κ3) is 2.47. The lowest BCUT2D eigenvalue weighted by atomic mass is 9.82. The van der Waals surface area contributed by atoms with Gasteiger partial charge in [-0.05, 0) is 36.8 Å². The molecule has 18 heavy (non-hydrogen) atoms. The Balaban J connectivity index is 2.19. The lowest BCUT2D eigenvalue weighted by molar-refractivity contribution is 0.301. The Bertz CT molecular complexity index is 416. The van der Waals surface area contributed by atoms with Crippen LogP contribution in [0.2, 0.25) is 5.02 Å². The minimum Gasteiger partial charge on any atom is -0.356 e. The van der Waals surface area contributed by atoms with Crippen molar-refractivity contribution >= 4 is 17.4 Å². The van der Waals surface area contributed by atoms with Crippen LogP contribution in [0.15, 0.2) is 12.1 Å². The Morgan fingerprint density at radius 1 is 1.39 bits per heavy atom. The van der Waals surface area contributed by atoms with Crippen LogP contribution in [0, 0.1) is 5.41 Å². The van der Waals surface area contributed by atoms with Gasteiger partial charge in [-0.3, -0.25) is 0 Å². The molecule has 1 aliphatic heterocycles. The Kier molecular flexibility index (Phi) is 4.13. The third-order valence-electron chi connectivity index (χ3n) is 4.36. The van der Waals surface area contributed by atoms with Crippen molar-refractivity contribution in [3.63, 3.8) is 0 Å². The molecule has 0 amide bonds. The van der Waals surface area contributed by atoms with Gasteiger partial charge in [0.05, 0.1) is 10.7 Å². The maximum absolute atomic E-state index is 6.05. The molecule has 0 spiro atoms. The van der Waals surface area contributed by atoms with Crippen LogP contribution in [0.4, 0.5) is 5.82 Å². The summed E-state index contributed by atoms with van der Waals surface area (Å²) in [6.45, 7) is 7.15. The van der Waals surface area contributed by atoms with Crippen molar-refractivity contribution in [1.29, 1.82) is 0 Å². The first-order valence-electron chi connectivity index (χ1n) is 6.74. The molecule has 0 aromatic carbocycles. The third-order valence-corrected chi connectivity index (χ3v) is 4.70. The van der Waals surface area contributed by atoms with Gasteiger partial charge in [0.15, 0.2) is 0 Å². The van der Waals surface area contributed by atoms with Crippen LogP contribution >= 0.6 is 11.6 Å². The SMILES string of the molecule is CCC1(CC)CCN(c2ccc(Cl)c(CN)n2)C1. The van der Waals surface area contributed by atoms with Gasteiger partial charge in [-0.1, -0.05) is 25.4 Å². The lowest BCUT2D eigenvalue weighted by Crippen LogP contribution is -2.27. The first-order chi connectivity index (χ1) is 8.64. The van der Waals surface area contributed by atoms with Gasteiger partial charge < -0.3 is 10.6 Å². The predicted molar refractivity (Wildman–Crippen MR) is 77.0 cm³/mol. The monoisotopic (exact) mass is 267 g/mol. The summed E-state index contributed by atoms with van der Waals surface area (Å²) in [7, 11) is 0. The van der Waals surface area contributed by atoms with Gasteiger partial charge in [-0.15, -0.1) is 0 Å². The van der Waals surface area contributed by atoms with Crippen LogP contribution in [0.3, 0.4) is 0 Å². The van der Waals surface area contributed by atoms with Gasteiger partial charge in [0, 0.05) is 19.6 Å². The average molecular weight is 268 g/mol. The van der Waals surface area contributed by atoms with Crippen molar-refractivity contribution in [2.45, 2.75) is 39.7 Å². The molecule has 0 saturated carbocycles. The molecule has 1 aromatic rings. The molecule has 100 valence electrons. The van der Waals surface area contributed by atoms with Crippen molar-refractivity contribution in [1.82, 2.24) is 4.98 Å². The van der Waals surface area contributed by atoms with Crippen LogP contribution in [0.5, 0.6) is 0 Å². The first kappa shape index (κ1) is 13.6. The van der Waals surface area contributed by atoms with Crippen molar-refractivity contribution in [3.05, 3.63) is 22.8 Å². The van der Waals surface area contributed by atoms with Crippen molar-refractivity contribution < 1.29 is 0 Å². The Morgan fingerprint density at radius 2 is 2.11 bits per heavy atom. The molecule has 0 unspecified atom stereocenters. The van der Waals surface area contributed by atoms with Crippen LogP contribution < -0.4 is 10.6 Å². The molecule has 0 bridgehead atoms. The van der Waals surface area contributed by atoms with E-state index in [1.54, 1.807) is 0 Å². The van der Waals surface area contributed by atoms with Crippen molar-refractivity contribution in [2.75, 3.05) is 18.0 Å². The molecule has 1 saturated heterocycles. The van der Waals surface area contributed by atoms with Crippen LogP contribution in [-0.2, 0) is 6.54 Å². The number of nitrogens with zero attached hydrogens (tertiary/aromatic N) is 2. The molecule has 3 nitrogen and oxygen atoms in total. The van der Waals surface area contributed by atoms with E-state index >= 15 is 0 Å². The van der Waals surface area contributed by atoms with E-state index in [1.165, 1.54) is 19.3 Å². The fraction of sp³-hybridized carbons (Fsp3) is 0.643. The molecule has 2 rings (SSSR count). The van der Waals surface area contributed by atoms with Crippen LogP contribution in [0.1, 0.15) is 38.8 Å². The van der Waals surface area contributed by atoms with E-state index in [9.17, 15) is 0 Å². The molecule has 1 fully saturated rings. The summed E-state index contributed by atoms with van der Waals surface area (Å²) < 4.78 is 0. The van der Waals surface area contributed by atoms with E-state index in [1.807, 2.05) is 12.1 Å². The van der Waals surface area contributed by atoms with E-state index in [4.69, 9.17) is 17.3 Å². The molecule has 0 atom stereocenters. The molecule has 0 radical (unpaired) electrons. The lowest BCUT2D eigenvalue weighted by Gasteiger charge is -2.27. The minimum atomic E-state index is 0.396. The summed E-state index contributed by atoms with van der Waals surface area (Å²) in [6, 6.07) is 3.91. The smallest absolute Gasteiger partial charge is 0.128 e. The number of nitrogens with two attached hydrogens (primary N) is 1. The average Bonchev–Trinajstić information content (AvgIpc) is 2.84. The second kappa shape index (κ2) is 5.45. The van der Waals surface area contributed by atoms with Gasteiger partial charge in [0.25, 0.3) is 0 Å². The molecule has 1 aromatic heterocycles. The van der Waals surface area contributed by atoms with Crippen molar-refractivity contribution in [2.24, 2.45) is 11.1 Å². The summed E-state index contributed by atoms with van der Waals surface area (Å²) in [5.74, 6) is 1.02. The molecule has 1 aliphatic rings. The second-order valence-corrected chi connectivity index (χ2v) is 5.59. The largest absolute Gasteiger partial charge is 0.356 e. The molecule has 0 aliphatic carbocycles. The molecular weight excluding hydrogens is 246 g/mol. The summed E-state index contributed by atoms with van der Waals surface area (Å²) in [4.78, 5) is 6.94. The molecule has 4 heteroatoms. The molecular formula is C14H22ClN3. The fourth-order valence-electron chi connectivity index (χ4n) is 2.75. The predicted octanol–water partition coefficient (Wildman–Crippen LogP) is 3.21. The molecule has 2 heterocycles. The standard InChI is InChI=1S/C14H22ClN3/c1-3-14(4-2)7-8-18(10-14)13-6-5-11(15)12(9-16)17-13/h5-6H,3-4,7-10,16H2,1-2H3. The van der Waals surface area contributed by atoms with Gasteiger partial charge >= 0.3 is 0 Å². The highest BCUT2D eigenvalue weighted by molar-refractivity contribution is 6.31. The van der Waals surface area contributed by atoms with E-state index in [0.29, 0.717) is 17.0 Å². The highest BCUT2D eigenvalue weighted by atomic mass is 35.5. The minimum absolute atomic E-state index is 0.396. The number of pyridine rings is 1. The van der Waals surface area contributed by atoms with E-state index < -0.39 is 0 Å². The zero-order valence-corrected chi connectivity index (χ0v) is 12.0. The summed E-state index contributed by atoms with van der Waals surface area (Å²) in [6.07, 6.45) is 3.72. The summed E-state index contributed by atoms with van der Waals surface area (Å²) in [5, 5.41) is 0.665. The molecule has 2 N–H and O–H groups in total. The van der Waals surface area contributed by atoms with Gasteiger partial charge in [0.1, 0.15) is 5.82 Å². The Morgan fingerprint density at radius 3 is 2.67 bits per heavy atom. The Labute approximate surface area is 114 Å². The normalized spacial score (nSPS) is 18.3. The number of aromatic nitrogens is 1. The highest BCUT2D eigenvalue weighted by Crippen LogP contribution is 2.38. The maximum atomic E-state index is 6.05. The highest BCUT2D eigenvalue weighted by Gasteiger charge is 2.35. The number of hydrogen-bond acceptors (Lipinski definition) is 3. The summed E-state index contributed by atoms with van der Waals surface area (Å²) in [5.41, 5.74) is 6.91. The number of rotatable bonds is 4. The van der Waals surface area contributed by atoms with Crippen LogP contribution in [0.25, 0.3) is 0 Å². The number of halogens is 1. The zero-order chi connectivity index (χ0) is 13.2. The first-order valence-corrected chi connectivity index (χ1v) is 7.12. The zero-order valence-electron chi connectivity index (χ0n) is 11.2. The van der Waals surface area contributed by atoms with Gasteiger partial charge in [0.2, 0.25) is 0 Å². The summed E-state index contributed by atoms with van der Waals surface area (Å²) >= 11 is 6.05. The van der Waals surface area contributed by atoms with Crippen LogP contribution in [-0.4, -0.2) is 18.1 Å². The van der Waals surface area contributed by atoms with Gasteiger partial charge in [-0.25, -0.2) is 4.98 Å². The van der Waals surface area contributed by atoms with E-state index in [2.05, 4.69) is 23.7 Å². The van der Waals surface area contributed by atoms with Crippen molar-refractivity contribution in [3.8, 4) is 0 Å². The fourth-order valence-corrected chi connectivity index (χ4v) is 2.93. The quantitative estimate of drug-likeness (QED) is 0.911. The van der Waals surface area contributed by atoms with Gasteiger partial charge in [-0.2, -0.15) is 0 Å². The van der Waals surface area contributed by atoms with E-state index in [-0.39, 0.29) is 0 Å². The number of hydrogen-bond donors (Lipinski definition) is 1. The second-order valence-electron chi connectivity index (χ2n) is 5.18. The topological polar surface area (TPSA) is 42.1 Å². The number of anilines is 1. The Hall–Kier alpha value is -0.800. The maximum Gasteiger partial charge on any atom is 0.128 e.